The lowest BCUT2D eigenvalue weighted by Gasteiger charge is -2.26. The molecule has 0 spiro atoms. The predicted molar refractivity (Wildman–Crippen MR) is 93.3 cm³/mol. The highest BCUT2D eigenvalue weighted by Crippen LogP contribution is 2.38. The van der Waals surface area contributed by atoms with E-state index in [0.29, 0.717) is 28.6 Å². The van der Waals surface area contributed by atoms with E-state index in [-0.39, 0.29) is 11.9 Å². The maximum Gasteiger partial charge on any atom is 0.161 e. The van der Waals surface area contributed by atoms with Crippen molar-refractivity contribution in [3.63, 3.8) is 0 Å². The third-order valence-electron chi connectivity index (χ3n) is 4.58. The van der Waals surface area contributed by atoms with E-state index in [1.807, 2.05) is 18.2 Å². The van der Waals surface area contributed by atoms with E-state index in [9.17, 15) is 4.39 Å². The number of likely N-dealkylation sites (tertiary alicyclic amines) is 1. The van der Waals surface area contributed by atoms with Gasteiger partial charge in [0.2, 0.25) is 0 Å². The van der Waals surface area contributed by atoms with Gasteiger partial charge >= 0.3 is 0 Å². The first-order chi connectivity index (χ1) is 11.6. The molecule has 1 fully saturated rings. The van der Waals surface area contributed by atoms with E-state index in [1.54, 1.807) is 26.4 Å². The highest BCUT2D eigenvalue weighted by molar-refractivity contribution is 6.31. The Labute approximate surface area is 146 Å². The van der Waals surface area contributed by atoms with Crippen LogP contribution in [0.4, 0.5) is 4.39 Å². The molecule has 0 amide bonds. The fourth-order valence-electron chi connectivity index (χ4n) is 3.34. The number of hydrogen-bond donors (Lipinski definition) is 0. The van der Waals surface area contributed by atoms with Crippen molar-refractivity contribution < 1.29 is 13.9 Å². The Morgan fingerprint density at radius 3 is 2.67 bits per heavy atom. The molecule has 0 bridgehead atoms. The quantitative estimate of drug-likeness (QED) is 0.771. The van der Waals surface area contributed by atoms with E-state index >= 15 is 0 Å². The van der Waals surface area contributed by atoms with Crippen LogP contribution < -0.4 is 9.47 Å². The third kappa shape index (κ3) is 3.35. The number of benzene rings is 2. The molecule has 3 nitrogen and oxygen atoms in total. The minimum Gasteiger partial charge on any atom is -0.493 e. The largest absolute Gasteiger partial charge is 0.493 e. The standard InChI is InChI=1S/C19H21ClFNO2/c1-23-18-9-8-13(11-19(18)24-2)17-7-4-10-22(17)12-14-15(20)5-3-6-16(14)21/h3,5-6,8-9,11,17H,4,7,10,12H2,1-2H3. The summed E-state index contributed by atoms with van der Waals surface area (Å²) in [5, 5.41) is 0.480. The fourth-order valence-corrected chi connectivity index (χ4v) is 3.56. The zero-order chi connectivity index (χ0) is 17.1. The van der Waals surface area contributed by atoms with Crippen LogP contribution in [0.15, 0.2) is 36.4 Å². The number of nitrogens with zero attached hydrogens (tertiary/aromatic N) is 1. The molecule has 0 N–H and O–H groups in total. The van der Waals surface area contributed by atoms with Crippen molar-refractivity contribution in [2.45, 2.75) is 25.4 Å². The minimum absolute atomic E-state index is 0.223. The van der Waals surface area contributed by atoms with E-state index in [0.717, 1.165) is 24.9 Å². The molecular weight excluding hydrogens is 329 g/mol. The highest BCUT2D eigenvalue weighted by Gasteiger charge is 2.28. The minimum atomic E-state index is -0.250. The zero-order valence-electron chi connectivity index (χ0n) is 13.9. The van der Waals surface area contributed by atoms with Crippen LogP contribution in [0.5, 0.6) is 11.5 Å². The molecule has 2 aromatic carbocycles. The summed E-state index contributed by atoms with van der Waals surface area (Å²) in [6, 6.07) is 11.0. The van der Waals surface area contributed by atoms with Gasteiger partial charge in [0.15, 0.2) is 11.5 Å². The zero-order valence-corrected chi connectivity index (χ0v) is 14.6. The number of methoxy groups -OCH3 is 2. The molecule has 0 aromatic heterocycles. The van der Waals surface area contributed by atoms with Crippen molar-refractivity contribution in [3.05, 3.63) is 58.4 Å². The van der Waals surface area contributed by atoms with Gasteiger partial charge in [-0.1, -0.05) is 23.7 Å². The second kappa shape index (κ2) is 7.41. The second-order valence-electron chi connectivity index (χ2n) is 5.94. The van der Waals surface area contributed by atoms with Crippen molar-refractivity contribution in [1.29, 1.82) is 0 Å². The summed E-state index contributed by atoms with van der Waals surface area (Å²) in [6.45, 7) is 1.42. The van der Waals surface area contributed by atoms with Crippen LogP contribution in [0.3, 0.4) is 0 Å². The Morgan fingerprint density at radius 1 is 1.17 bits per heavy atom. The highest BCUT2D eigenvalue weighted by atomic mass is 35.5. The Kier molecular flexibility index (Phi) is 5.27. The Morgan fingerprint density at radius 2 is 1.96 bits per heavy atom. The second-order valence-corrected chi connectivity index (χ2v) is 6.35. The van der Waals surface area contributed by atoms with Gasteiger partial charge in [-0.2, -0.15) is 0 Å². The first-order valence-corrected chi connectivity index (χ1v) is 8.40. The van der Waals surface area contributed by atoms with Gasteiger partial charge < -0.3 is 9.47 Å². The number of rotatable bonds is 5. The van der Waals surface area contributed by atoms with Crippen molar-refractivity contribution in [3.8, 4) is 11.5 Å². The van der Waals surface area contributed by atoms with Crippen LogP contribution in [0.2, 0.25) is 5.02 Å². The van der Waals surface area contributed by atoms with Crippen molar-refractivity contribution in [2.75, 3.05) is 20.8 Å². The van der Waals surface area contributed by atoms with Gasteiger partial charge in [-0.3, -0.25) is 4.90 Å². The van der Waals surface area contributed by atoms with Crippen LogP contribution in [-0.4, -0.2) is 25.7 Å². The summed E-state index contributed by atoms with van der Waals surface area (Å²) in [5.41, 5.74) is 1.71. The molecule has 1 unspecified atom stereocenters. The molecule has 1 aliphatic heterocycles. The summed E-state index contributed by atoms with van der Waals surface area (Å²) in [6.07, 6.45) is 2.10. The van der Waals surface area contributed by atoms with Crippen LogP contribution in [0.25, 0.3) is 0 Å². The normalized spacial score (nSPS) is 17.9. The molecule has 0 aliphatic carbocycles. The SMILES string of the molecule is COc1ccc(C2CCCN2Cc2c(F)cccc2Cl)cc1OC. The number of ether oxygens (including phenoxy) is 2. The van der Waals surface area contributed by atoms with Gasteiger partial charge in [0, 0.05) is 23.2 Å². The summed E-state index contributed by atoms with van der Waals surface area (Å²) in [7, 11) is 3.26. The topological polar surface area (TPSA) is 21.7 Å². The van der Waals surface area contributed by atoms with Crippen LogP contribution in [-0.2, 0) is 6.54 Å². The maximum atomic E-state index is 14.1. The van der Waals surface area contributed by atoms with Gasteiger partial charge in [0.05, 0.1) is 14.2 Å². The fraction of sp³-hybridized carbons (Fsp3) is 0.368. The molecule has 0 radical (unpaired) electrons. The van der Waals surface area contributed by atoms with Crippen LogP contribution >= 0.6 is 11.6 Å². The van der Waals surface area contributed by atoms with Crippen molar-refractivity contribution in [1.82, 2.24) is 4.90 Å². The Bertz CT molecular complexity index is 702. The molecule has 5 heteroatoms. The molecule has 24 heavy (non-hydrogen) atoms. The molecule has 0 saturated carbocycles. The average molecular weight is 350 g/mol. The van der Waals surface area contributed by atoms with Crippen LogP contribution in [0, 0.1) is 5.82 Å². The van der Waals surface area contributed by atoms with E-state index in [1.165, 1.54) is 6.07 Å². The molecule has 1 aliphatic rings. The van der Waals surface area contributed by atoms with Crippen molar-refractivity contribution >= 4 is 11.6 Å². The first-order valence-electron chi connectivity index (χ1n) is 8.03. The smallest absolute Gasteiger partial charge is 0.161 e. The van der Waals surface area contributed by atoms with E-state index in [2.05, 4.69) is 4.90 Å². The summed E-state index contributed by atoms with van der Waals surface area (Å²) in [5.74, 6) is 1.18. The first kappa shape index (κ1) is 17.1. The van der Waals surface area contributed by atoms with Crippen molar-refractivity contribution in [2.24, 2.45) is 0 Å². The molecule has 3 rings (SSSR count). The Hall–Kier alpha value is -1.78. The average Bonchev–Trinajstić information content (AvgIpc) is 3.06. The third-order valence-corrected chi connectivity index (χ3v) is 4.93. The van der Waals surface area contributed by atoms with Gasteiger partial charge in [0.25, 0.3) is 0 Å². The van der Waals surface area contributed by atoms with Gasteiger partial charge in [-0.05, 0) is 49.2 Å². The summed E-state index contributed by atoms with van der Waals surface area (Å²) < 4.78 is 24.8. The maximum absolute atomic E-state index is 14.1. The summed E-state index contributed by atoms with van der Waals surface area (Å²) >= 11 is 6.19. The molecule has 2 aromatic rings. The molecule has 1 saturated heterocycles. The molecule has 1 heterocycles. The lowest BCUT2D eigenvalue weighted by Crippen LogP contribution is -2.23. The van der Waals surface area contributed by atoms with E-state index < -0.39 is 0 Å². The van der Waals surface area contributed by atoms with Crippen LogP contribution in [0.1, 0.15) is 30.0 Å². The summed E-state index contributed by atoms with van der Waals surface area (Å²) in [4.78, 5) is 2.27. The Balaban J connectivity index is 1.86. The van der Waals surface area contributed by atoms with Gasteiger partial charge in [-0.25, -0.2) is 4.39 Å². The molecule has 1 atom stereocenters. The van der Waals surface area contributed by atoms with Gasteiger partial charge in [0.1, 0.15) is 5.82 Å². The molecular formula is C19H21ClFNO2. The van der Waals surface area contributed by atoms with E-state index in [4.69, 9.17) is 21.1 Å². The predicted octanol–water partition coefficient (Wildman–Crippen LogP) is 4.83. The van der Waals surface area contributed by atoms with Gasteiger partial charge in [-0.15, -0.1) is 0 Å². The number of halogens is 2. The lowest BCUT2D eigenvalue weighted by molar-refractivity contribution is 0.244. The lowest BCUT2D eigenvalue weighted by atomic mass is 10.0. The monoisotopic (exact) mass is 349 g/mol. The number of hydrogen-bond acceptors (Lipinski definition) is 3. The molecule has 128 valence electrons.